The van der Waals surface area contributed by atoms with Crippen LogP contribution in [0.15, 0.2) is 70.5 Å². The zero-order valence-electron chi connectivity index (χ0n) is 17.6. The lowest BCUT2D eigenvalue weighted by atomic mass is 10.0. The summed E-state index contributed by atoms with van der Waals surface area (Å²) in [5.41, 5.74) is 1.27. The van der Waals surface area contributed by atoms with Crippen LogP contribution in [0, 0.1) is 0 Å². The molecule has 6 heteroatoms. The molecular formula is C24H27N3O2S. The third-order valence-corrected chi connectivity index (χ3v) is 5.89. The molecule has 0 saturated carbocycles. The summed E-state index contributed by atoms with van der Waals surface area (Å²) in [5, 5.41) is 7.61. The Bertz CT molecular complexity index is 1040. The third-order valence-electron chi connectivity index (χ3n) is 4.76. The molecule has 2 N–H and O–H groups in total. The molecule has 0 heterocycles. The largest absolute Gasteiger partial charge is 0.355 e. The fourth-order valence-corrected chi connectivity index (χ4v) is 4.40. The molecule has 0 spiro atoms. The first kappa shape index (κ1) is 21.9. The lowest BCUT2D eigenvalue weighted by molar-refractivity contribution is 0.0946. The minimum Gasteiger partial charge on any atom is -0.355 e. The van der Waals surface area contributed by atoms with Crippen LogP contribution in [-0.2, 0) is 0 Å². The Kier molecular flexibility index (Phi) is 7.49. The second-order valence-electron chi connectivity index (χ2n) is 7.25. The van der Waals surface area contributed by atoms with Crippen LogP contribution in [0.3, 0.4) is 0 Å². The van der Waals surface area contributed by atoms with Gasteiger partial charge in [-0.25, -0.2) is 0 Å². The summed E-state index contributed by atoms with van der Waals surface area (Å²) in [6, 6.07) is 19.3. The van der Waals surface area contributed by atoms with Crippen LogP contribution < -0.4 is 10.6 Å². The highest BCUT2D eigenvalue weighted by molar-refractivity contribution is 7.99. The highest BCUT2D eigenvalue weighted by atomic mass is 32.2. The van der Waals surface area contributed by atoms with Crippen LogP contribution in [0.1, 0.15) is 27.1 Å². The van der Waals surface area contributed by atoms with Gasteiger partial charge in [0.1, 0.15) is 0 Å². The smallest absolute Gasteiger partial charge is 0.252 e. The van der Waals surface area contributed by atoms with Gasteiger partial charge in [0.05, 0.1) is 5.56 Å². The van der Waals surface area contributed by atoms with Crippen molar-refractivity contribution in [2.24, 2.45) is 0 Å². The molecule has 0 fully saturated rings. The molecule has 0 radical (unpaired) electrons. The first-order valence-corrected chi connectivity index (χ1v) is 10.8. The molecule has 0 saturated heterocycles. The second-order valence-corrected chi connectivity index (χ2v) is 8.33. The van der Waals surface area contributed by atoms with Gasteiger partial charge in [0.2, 0.25) is 0 Å². The van der Waals surface area contributed by atoms with Crippen molar-refractivity contribution in [2.45, 2.75) is 16.2 Å². The Hall–Kier alpha value is -2.83. The highest BCUT2D eigenvalue weighted by Crippen LogP contribution is 2.37. The molecule has 30 heavy (non-hydrogen) atoms. The molecule has 2 amide bonds. The average Bonchev–Trinajstić information content (AvgIpc) is 2.76. The van der Waals surface area contributed by atoms with Crippen molar-refractivity contribution >= 4 is 34.3 Å². The maximum Gasteiger partial charge on any atom is 0.252 e. The molecule has 3 rings (SSSR count). The molecule has 0 atom stereocenters. The fraction of sp³-hybridized carbons (Fsp3) is 0.250. The Balaban J connectivity index is 1.90. The summed E-state index contributed by atoms with van der Waals surface area (Å²) in [6.45, 7) is 1.56. The molecule has 0 aliphatic heterocycles. The predicted octanol–water partition coefficient (Wildman–Crippen LogP) is 4.03. The van der Waals surface area contributed by atoms with Crippen molar-refractivity contribution in [3.05, 3.63) is 71.8 Å². The van der Waals surface area contributed by atoms with Gasteiger partial charge in [0, 0.05) is 34.3 Å². The zero-order chi connectivity index (χ0) is 21.5. The van der Waals surface area contributed by atoms with Crippen molar-refractivity contribution in [2.75, 3.05) is 34.2 Å². The van der Waals surface area contributed by atoms with Crippen molar-refractivity contribution in [1.82, 2.24) is 15.5 Å². The van der Waals surface area contributed by atoms with Crippen LogP contribution in [0.2, 0.25) is 0 Å². The number of hydrogen-bond acceptors (Lipinski definition) is 4. The number of benzene rings is 3. The number of nitrogens with one attached hydrogen (secondary N) is 2. The van der Waals surface area contributed by atoms with E-state index in [1.54, 1.807) is 7.05 Å². The highest BCUT2D eigenvalue weighted by Gasteiger charge is 2.16. The van der Waals surface area contributed by atoms with Gasteiger partial charge in [-0.15, -0.1) is 0 Å². The Labute approximate surface area is 181 Å². The minimum atomic E-state index is -0.124. The van der Waals surface area contributed by atoms with Gasteiger partial charge in [0.15, 0.2) is 0 Å². The summed E-state index contributed by atoms with van der Waals surface area (Å²) in [4.78, 5) is 29.1. The minimum absolute atomic E-state index is 0.0800. The SMILES string of the molecule is CNC(=O)c1cccc2cccc(Sc3ccccc3C(=O)NCCCN(C)C)c12. The van der Waals surface area contributed by atoms with Crippen LogP contribution >= 0.6 is 11.8 Å². The zero-order valence-corrected chi connectivity index (χ0v) is 18.4. The van der Waals surface area contributed by atoms with Crippen molar-refractivity contribution in [1.29, 1.82) is 0 Å². The van der Waals surface area contributed by atoms with Gasteiger partial charge in [-0.05, 0) is 56.7 Å². The van der Waals surface area contributed by atoms with E-state index in [9.17, 15) is 9.59 Å². The Morgan fingerprint density at radius 1 is 0.867 bits per heavy atom. The van der Waals surface area contributed by atoms with Crippen molar-refractivity contribution < 1.29 is 9.59 Å². The molecule has 0 aliphatic carbocycles. The van der Waals surface area contributed by atoms with E-state index in [0.717, 1.165) is 33.5 Å². The number of carbonyl (C=O) groups excluding carboxylic acids is 2. The fourth-order valence-electron chi connectivity index (χ4n) is 3.27. The topological polar surface area (TPSA) is 61.4 Å². The molecule has 5 nitrogen and oxygen atoms in total. The first-order valence-electron chi connectivity index (χ1n) is 9.95. The molecule has 0 bridgehead atoms. The van der Waals surface area contributed by atoms with Gasteiger partial charge >= 0.3 is 0 Å². The summed E-state index contributed by atoms with van der Waals surface area (Å²) >= 11 is 1.51. The molecule has 0 aliphatic rings. The van der Waals surface area contributed by atoms with E-state index in [-0.39, 0.29) is 11.8 Å². The first-order chi connectivity index (χ1) is 14.5. The lowest BCUT2D eigenvalue weighted by Crippen LogP contribution is -2.27. The number of rotatable bonds is 8. The number of fused-ring (bicyclic) bond motifs is 1. The molecule has 0 unspecified atom stereocenters. The number of hydrogen-bond donors (Lipinski definition) is 2. The number of carbonyl (C=O) groups is 2. The summed E-state index contributed by atoms with van der Waals surface area (Å²) in [6.07, 6.45) is 0.896. The maximum absolute atomic E-state index is 12.8. The second kappa shape index (κ2) is 10.3. The monoisotopic (exact) mass is 421 g/mol. The maximum atomic E-state index is 12.8. The molecule has 3 aromatic rings. The van der Waals surface area contributed by atoms with Crippen LogP contribution in [0.4, 0.5) is 0 Å². The summed E-state index contributed by atoms with van der Waals surface area (Å²) in [7, 11) is 5.67. The van der Waals surface area contributed by atoms with Gasteiger partial charge < -0.3 is 15.5 Å². The van der Waals surface area contributed by atoms with Crippen LogP contribution in [-0.4, -0.2) is 50.9 Å². The number of amides is 2. The average molecular weight is 422 g/mol. The molecule has 3 aromatic carbocycles. The van der Waals surface area contributed by atoms with E-state index < -0.39 is 0 Å². The van der Waals surface area contributed by atoms with Crippen molar-refractivity contribution in [3.8, 4) is 0 Å². The third kappa shape index (κ3) is 5.20. The molecular weight excluding hydrogens is 394 g/mol. The number of nitrogens with zero attached hydrogens (tertiary/aromatic N) is 1. The summed E-state index contributed by atoms with van der Waals surface area (Å²) in [5.74, 6) is -0.204. The van der Waals surface area contributed by atoms with Gasteiger partial charge in [-0.3, -0.25) is 9.59 Å². The summed E-state index contributed by atoms with van der Waals surface area (Å²) < 4.78 is 0. The van der Waals surface area contributed by atoms with Gasteiger partial charge in [-0.1, -0.05) is 48.2 Å². The van der Waals surface area contributed by atoms with E-state index >= 15 is 0 Å². The Morgan fingerprint density at radius 3 is 2.27 bits per heavy atom. The van der Waals surface area contributed by atoms with Crippen LogP contribution in [0.25, 0.3) is 10.8 Å². The van der Waals surface area contributed by atoms with Gasteiger partial charge in [0.25, 0.3) is 11.8 Å². The lowest BCUT2D eigenvalue weighted by Gasteiger charge is -2.14. The van der Waals surface area contributed by atoms with E-state index in [2.05, 4.69) is 15.5 Å². The predicted molar refractivity (Wildman–Crippen MR) is 123 cm³/mol. The van der Waals surface area contributed by atoms with Crippen LogP contribution in [0.5, 0.6) is 0 Å². The van der Waals surface area contributed by atoms with E-state index in [0.29, 0.717) is 17.7 Å². The normalized spacial score (nSPS) is 10.9. The molecule has 0 aromatic heterocycles. The molecule has 156 valence electrons. The standard InChI is InChI=1S/C24H27N3O2S/c1-25-23(28)19-12-6-9-17-10-7-14-21(22(17)19)30-20-13-5-4-11-18(20)24(29)26-15-8-16-27(2)3/h4-7,9-14H,8,15-16H2,1-3H3,(H,25,28)(H,26,29). The Morgan fingerprint density at radius 2 is 1.53 bits per heavy atom. The van der Waals surface area contributed by atoms with E-state index in [1.165, 1.54) is 11.8 Å². The van der Waals surface area contributed by atoms with E-state index in [1.807, 2.05) is 74.8 Å². The van der Waals surface area contributed by atoms with Gasteiger partial charge in [-0.2, -0.15) is 0 Å². The van der Waals surface area contributed by atoms with E-state index in [4.69, 9.17) is 0 Å². The van der Waals surface area contributed by atoms with Crippen molar-refractivity contribution in [3.63, 3.8) is 0 Å². The quantitative estimate of drug-likeness (QED) is 0.539.